The van der Waals surface area contributed by atoms with E-state index in [1.165, 1.54) is 0 Å². The zero-order chi connectivity index (χ0) is 17.2. The fraction of sp³-hybridized carbons (Fsp3) is 0.100. The van der Waals surface area contributed by atoms with E-state index in [2.05, 4.69) is 11.1 Å². The summed E-state index contributed by atoms with van der Waals surface area (Å²) in [4.78, 5) is 15.5. The van der Waals surface area contributed by atoms with Gasteiger partial charge in [0.2, 0.25) is 0 Å². The molecule has 3 aromatic rings. The molecule has 0 spiro atoms. The van der Waals surface area contributed by atoms with Crippen LogP contribution in [-0.2, 0) is 13.2 Å². The van der Waals surface area contributed by atoms with Crippen LogP contribution in [0.5, 0.6) is 5.75 Å². The number of hydrogen-bond donors (Lipinski definition) is 1. The summed E-state index contributed by atoms with van der Waals surface area (Å²) in [5.74, 6) is -0.257. The molecular formula is C20H16N2O3. The smallest absolute Gasteiger partial charge is 0.335 e. The number of aromatic nitrogens is 2. The lowest BCUT2D eigenvalue weighted by Crippen LogP contribution is -2.00. The molecule has 124 valence electrons. The molecule has 25 heavy (non-hydrogen) atoms. The highest BCUT2D eigenvalue weighted by Gasteiger charge is 2.20. The lowest BCUT2D eigenvalue weighted by Gasteiger charge is -2.12. The van der Waals surface area contributed by atoms with Gasteiger partial charge in [0.05, 0.1) is 11.9 Å². The maximum atomic E-state index is 11.4. The monoisotopic (exact) mass is 332 g/mol. The van der Waals surface area contributed by atoms with Crippen LogP contribution in [0.2, 0.25) is 0 Å². The van der Waals surface area contributed by atoms with Crippen molar-refractivity contribution in [2.24, 2.45) is 0 Å². The van der Waals surface area contributed by atoms with E-state index in [4.69, 9.17) is 4.74 Å². The second-order valence-electron chi connectivity index (χ2n) is 5.84. The Morgan fingerprint density at radius 1 is 1.24 bits per heavy atom. The first-order valence-electron chi connectivity index (χ1n) is 7.97. The van der Waals surface area contributed by atoms with Crippen molar-refractivity contribution in [3.8, 4) is 5.75 Å². The van der Waals surface area contributed by atoms with Crippen LogP contribution in [0.1, 0.15) is 27.0 Å². The molecule has 1 aliphatic heterocycles. The van der Waals surface area contributed by atoms with Crippen molar-refractivity contribution in [1.29, 1.82) is 0 Å². The molecule has 5 heteroatoms. The Balaban J connectivity index is 1.88. The highest BCUT2D eigenvalue weighted by molar-refractivity contribution is 5.92. The van der Waals surface area contributed by atoms with E-state index in [1.54, 1.807) is 30.7 Å². The van der Waals surface area contributed by atoms with Gasteiger partial charge in [-0.1, -0.05) is 30.3 Å². The predicted octanol–water partition coefficient (Wildman–Crippen LogP) is 3.61. The quantitative estimate of drug-likeness (QED) is 0.796. The van der Waals surface area contributed by atoms with E-state index in [-0.39, 0.29) is 5.56 Å². The maximum absolute atomic E-state index is 11.4. The van der Waals surface area contributed by atoms with Crippen LogP contribution in [0.4, 0.5) is 0 Å². The number of carbonyl (C=O) groups is 1. The van der Waals surface area contributed by atoms with Gasteiger partial charge in [-0.15, -0.1) is 0 Å². The number of rotatable bonds is 3. The fourth-order valence-corrected chi connectivity index (χ4v) is 3.02. The molecule has 2 aromatic carbocycles. The summed E-state index contributed by atoms with van der Waals surface area (Å²) < 4.78 is 7.88. The van der Waals surface area contributed by atoms with E-state index in [9.17, 15) is 9.90 Å². The average molecular weight is 332 g/mol. The Hall–Kier alpha value is -3.34. The largest absolute Gasteiger partial charge is 0.488 e. The Labute approximate surface area is 144 Å². The molecule has 0 bridgehead atoms. The van der Waals surface area contributed by atoms with Crippen molar-refractivity contribution >= 4 is 11.5 Å². The normalized spacial score (nSPS) is 14.3. The van der Waals surface area contributed by atoms with Gasteiger partial charge in [0.15, 0.2) is 0 Å². The van der Waals surface area contributed by atoms with Crippen LogP contribution < -0.4 is 4.74 Å². The molecule has 1 aromatic heterocycles. The van der Waals surface area contributed by atoms with Crippen LogP contribution in [0.15, 0.2) is 67.3 Å². The molecule has 2 heterocycles. The topological polar surface area (TPSA) is 64.3 Å². The number of ether oxygens (including phenoxy) is 1. The number of fused-ring (bicyclic) bond motifs is 2. The molecule has 0 radical (unpaired) electrons. The number of nitrogens with zero attached hydrogens (tertiary/aromatic N) is 2. The minimum absolute atomic E-state index is 0.246. The van der Waals surface area contributed by atoms with Gasteiger partial charge in [-0.05, 0) is 34.9 Å². The number of carboxylic acid groups (broad SMARTS) is 1. The molecular weight excluding hydrogens is 316 g/mol. The minimum Gasteiger partial charge on any atom is -0.488 e. The first-order chi connectivity index (χ1) is 12.2. The maximum Gasteiger partial charge on any atom is 0.335 e. The van der Waals surface area contributed by atoms with Crippen molar-refractivity contribution in [2.75, 3.05) is 0 Å². The second-order valence-corrected chi connectivity index (χ2v) is 5.84. The number of allylic oxidation sites excluding steroid dienone is 1. The summed E-state index contributed by atoms with van der Waals surface area (Å²) in [6.45, 7) is 1.10. The van der Waals surface area contributed by atoms with Crippen molar-refractivity contribution in [3.63, 3.8) is 0 Å². The molecule has 5 nitrogen and oxygen atoms in total. The van der Waals surface area contributed by atoms with E-state index < -0.39 is 5.97 Å². The number of aromatic carboxylic acids is 1. The molecule has 4 rings (SSSR count). The van der Waals surface area contributed by atoms with E-state index >= 15 is 0 Å². The molecule has 0 fully saturated rings. The molecule has 0 saturated heterocycles. The molecule has 0 unspecified atom stereocenters. The summed E-state index contributed by atoms with van der Waals surface area (Å²) in [5.41, 5.74) is 4.15. The lowest BCUT2D eigenvalue weighted by atomic mass is 9.93. The van der Waals surface area contributed by atoms with Crippen LogP contribution >= 0.6 is 0 Å². The predicted molar refractivity (Wildman–Crippen MR) is 93.5 cm³/mol. The molecule has 0 amide bonds. The molecule has 0 aliphatic carbocycles. The third kappa shape index (κ3) is 2.92. The first-order valence-corrected chi connectivity index (χ1v) is 7.97. The lowest BCUT2D eigenvalue weighted by molar-refractivity contribution is 0.0697. The minimum atomic E-state index is -0.950. The second kappa shape index (κ2) is 6.28. The van der Waals surface area contributed by atoms with Gasteiger partial charge < -0.3 is 14.4 Å². The van der Waals surface area contributed by atoms with Crippen LogP contribution in [-0.4, -0.2) is 20.6 Å². The van der Waals surface area contributed by atoms with Crippen molar-refractivity contribution in [3.05, 3.63) is 89.5 Å². The van der Waals surface area contributed by atoms with E-state index in [0.29, 0.717) is 18.9 Å². The number of carboxylic acids is 1. The van der Waals surface area contributed by atoms with Crippen molar-refractivity contribution < 1.29 is 14.6 Å². The van der Waals surface area contributed by atoms with Gasteiger partial charge in [0.1, 0.15) is 12.4 Å². The Kier molecular flexibility index (Phi) is 3.82. The van der Waals surface area contributed by atoms with Gasteiger partial charge in [0.25, 0.3) is 0 Å². The van der Waals surface area contributed by atoms with Gasteiger partial charge in [-0.3, -0.25) is 0 Å². The number of hydrogen-bond acceptors (Lipinski definition) is 3. The molecule has 0 atom stereocenters. The summed E-state index contributed by atoms with van der Waals surface area (Å²) >= 11 is 0. The Bertz CT molecular complexity index is 959. The third-order valence-electron chi connectivity index (χ3n) is 4.27. The van der Waals surface area contributed by atoms with E-state index in [1.807, 2.05) is 35.0 Å². The van der Waals surface area contributed by atoms with Gasteiger partial charge in [-0.25, -0.2) is 9.78 Å². The molecule has 1 N–H and O–H groups in total. The molecule has 1 aliphatic rings. The fourth-order valence-electron chi connectivity index (χ4n) is 3.02. The van der Waals surface area contributed by atoms with E-state index in [0.717, 1.165) is 22.3 Å². The molecule has 0 saturated carbocycles. The summed E-state index contributed by atoms with van der Waals surface area (Å²) in [5, 5.41) is 9.35. The SMILES string of the molecule is O=C(O)c1ccc2c(c1)C(=CCn1ccnc1)c1ccccc1CO2. The Morgan fingerprint density at radius 3 is 2.92 bits per heavy atom. The van der Waals surface area contributed by atoms with Gasteiger partial charge >= 0.3 is 5.97 Å². The first kappa shape index (κ1) is 15.2. The summed E-state index contributed by atoms with van der Waals surface area (Å²) in [7, 11) is 0. The van der Waals surface area contributed by atoms with Crippen LogP contribution in [0.25, 0.3) is 5.57 Å². The summed E-state index contributed by atoms with van der Waals surface area (Å²) in [6.07, 6.45) is 7.47. The third-order valence-corrected chi connectivity index (χ3v) is 4.27. The van der Waals surface area contributed by atoms with Crippen LogP contribution in [0, 0.1) is 0 Å². The Morgan fingerprint density at radius 2 is 2.12 bits per heavy atom. The zero-order valence-electron chi connectivity index (χ0n) is 13.4. The van der Waals surface area contributed by atoms with Crippen molar-refractivity contribution in [1.82, 2.24) is 9.55 Å². The highest BCUT2D eigenvalue weighted by Crippen LogP contribution is 2.37. The number of imidazole rings is 1. The zero-order valence-corrected chi connectivity index (χ0v) is 13.4. The van der Waals surface area contributed by atoms with Gasteiger partial charge in [-0.2, -0.15) is 0 Å². The van der Waals surface area contributed by atoms with Crippen molar-refractivity contribution in [2.45, 2.75) is 13.2 Å². The average Bonchev–Trinajstić information content (AvgIpc) is 3.09. The summed E-state index contributed by atoms with van der Waals surface area (Å²) in [6, 6.07) is 13.0. The number of benzene rings is 2. The standard InChI is InChI=1S/C20H16N2O3/c23-20(24)14-5-6-19-18(11-14)17(7-9-22-10-8-21-13-22)16-4-2-1-3-15(16)12-25-19/h1-8,10-11,13H,9,12H2,(H,23,24). The van der Waals surface area contributed by atoms with Crippen LogP contribution in [0.3, 0.4) is 0 Å². The van der Waals surface area contributed by atoms with Gasteiger partial charge in [0, 0.05) is 24.5 Å². The highest BCUT2D eigenvalue weighted by atomic mass is 16.5.